The second-order valence-corrected chi connectivity index (χ2v) is 7.81. The zero-order valence-corrected chi connectivity index (χ0v) is 17.0. The predicted molar refractivity (Wildman–Crippen MR) is 116 cm³/mol. The molecule has 0 amide bonds. The predicted octanol–water partition coefficient (Wildman–Crippen LogP) is 5.69. The van der Waals surface area contributed by atoms with E-state index in [4.69, 9.17) is 5.73 Å². The van der Waals surface area contributed by atoms with Crippen molar-refractivity contribution in [3.05, 3.63) is 81.9 Å². The Morgan fingerprint density at radius 1 is 1.14 bits per heavy atom. The topological polar surface area (TPSA) is 58.9 Å². The zero-order chi connectivity index (χ0) is 20.3. The molecule has 3 N–H and O–H groups in total. The van der Waals surface area contributed by atoms with E-state index in [1.54, 1.807) is 18.2 Å². The maximum absolute atomic E-state index is 13.8. The van der Waals surface area contributed by atoms with Gasteiger partial charge in [0.2, 0.25) is 0 Å². The first-order valence-corrected chi connectivity index (χ1v) is 9.98. The summed E-state index contributed by atoms with van der Waals surface area (Å²) in [6.07, 6.45) is 2.65. The van der Waals surface area contributed by atoms with E-state index >= 15 is 0 Å². The molecule has 0 radical (unpaired) electrons. The third kappa shape index (κ3) is 4.20. The summed E-state index contributed by atoms with van der Waals surface area (Å²) in [5.74, 6) is 0.289. The minimum atomic E-state index is -0.216. The highest BCUT2D eigenvalue weighted by molar-refractivity contribution is 7.98. The van der Waals surface area contributed by atoms with Crippen LogP contribution in [0.15, 0.2) is 47.4 Å². The van der Waals surface area contributed by atoms with Crippen LogP contribution in [-0.2, 0) is 10.5 Å². The molecule has 0 aliphatic heterocycles. The van der Waals surface area contributed by atoms with E-state index < -0.39 is 0 Å². The van der Waals surface area contributed by atoms with Crippen LogP contribution < -0.4 is 5.73 Å². The van der Waals surface area contributed by atoms with Crippen LogP contribution in [0, 0.1) is 26.6 Å². The number of aryl methyl sites for hydroxylation is 1. The first-order valence-electron chi connectivity index (χ1n) is 8.99. The van der Waals surface area contributed by atoms with Gasteiger partial charge in [0.1, 0.15) is 5.82 Å². The average molecular weight is 395 g/mol. The molecule has 0 unspecified atom stereocenters. The van der Waals surface area contributed by atoms with Gasteiger partial charge < -0.3 is 10.7 Å². The highest BCUT2D eigenvalue weighted by atomic mass is 32.2. The lowest BCUT2D eigenvalue weighted by atomic mass is 10.0. The van der Waals surface area contributed by atoms with Gasteiger partial charge in [0, 0.05) is 38.9 Å². The van der Waals surface area contributed by atoms with Gasteiger partial charge in [0.15, 0.2) is 6.29 Å². The molecule has 144 valence electrons. The zero-order valence-electron chi connectivity index (χ0n) is 16.2. The van der Waals surface area contributed by atoms with Crippen LogP contribution in [-0.4, -0.2) is 11.3 Å². The Balaban J connectivity index is 1.91. The molecule has 2 aromatic carbocycles. The summed E-state index contributed by atoms with van der Waals surface area (Å²) in [6.45, 7) is 6.08. The van der Waals surface area contributed by atoms with Gasteiger partial charge in [-0.1, -0.05) is 18.2 Å². The van der Waals surface area contributed by atoms with E-state index in [9.17, 15) is 9.18 Å². The normalized spacial score (nSPS) is 11.6. The van der Waals surface area contributed by atoms with E-state index in [1.807, 2.05) is 45.0 Å². The Labute approximate surface area is 168 Å². The number of thioether (sulfide) groups is 1. The highest BCUT2D eigenvalue weighted by Crippen LogP contribution is 2.31. The molecule has 0 fully saturated rings. The largest absolute Gasteiger partial charge is 0.398 e. The minimum absolute atomic E-state index is 0.216. The van der Waals surface area contributed by atoms with Crippen LogP contribution in [0.2, 0.25) is 0 Å². The first-order chi connectivity index (χ1) is 13.4. The number of carbonyl (C=O) groups excluding carboxylic acids is 1. The minimum Gasteiger partial charge on any atom is -0.398 e. The van der Waals surface area contributed by atoms with Gasteiger partial charge in [-0.05, 0) is 67.8 Å². The quantitative estimate of drug-likeness (QED) is 0.244. The standard InChI is InChI=1S/C23H23FN2OS/c1-14-15(2)23(26-16(14)3)10-18(12-27)20-11-19(8-9-22(20)25)28-13-17-6-4-5-7-21(17)24/h4-12,26H,13,25H2,1-3H3/b18-10+. The maximum atomic E-state index is 13.8. The number of aromatic amines is 1. The van der Waals surface area contributed by atoms with Gasteiger partial charge in [-0.25, -0.2) is 4.39 Å². The Bertz CT molecular complexity index is 1050. The molecule has 28 heavy (non-hydrogen) atoms. The van der Waals surface area contributed by atoms with Crippen LogP contribution in [0.3, 0.4) is 0 Å². The average Bonchev–Trinajstić information content (AvgIpc) is 2.93. The van der Waals surface area contributed by atoms with Gasteiger partial charge in [0.25, 0.3) is 0 Å². The van der Waals surface area contributed by atoms with Crippen LogP contribution in [0.25, 0.3) is 11.6 Å². The molecule has 0 bridgehead atoms. The molecule has 3 nitrogen and oxygen atoms in total. The number of benzene rings is 2. The molecule has 5 heteroatoms. The molecule has 0 spiro atoms. The number of hydrogen-bond acceptors (Lipinski definition) is 3. The number of nitrogens with two attached hydrogens (primary N) is 1. The number of aldehydes is 1. The number of H-pyrrole nitrogens is 1. The van der Waals surface area contributed by atoms with Gasteiger partial charge in [-0.3, -0.25) is 4.79 Å². The number of aromatic nitrogens is 1. The monoisotopic (exact) mass is 394 g/mol. The van der Waals surface area contributed by atoms with Gasteiger partial charge in [0.05, 0.1) is 0 Å². The number of carbonyl (C=O) groups is 1. The van der Waals surface area contributed by atoms with E-state index in [0.717, 1.165) is 28.1 Å². The molecule has 0 aliphatic rings. The van der Waals surface area contributed by atoms with Crippen LogP contribution >= 0.6 is 11.8 Å². The molecule has 0 aliphatic carbocycles. The molecule has 0 atom stereocenters. The summed E-state index contributed by atoms with van der Waals surface area (Å²) in [6, 6.07) is 12.3. The van der Waals surface area contributed by atoms with Crippen molar-refractivity contribution in [1.82, 2.24) is 4.98 Å². The molecule has 3 rings (SSSR count). The van der Waals surface area contributed by atoms with Crippen molar-refractivity contribution in [2.45, 2.75) is 31.4 Å². The van der Waals surface area contributed by atoms with Gasteiger partial charge >= 0.3 is 0 Å². The van der Waals surface area contributed by atoms with Crippen molar-refractivity contribution in [1.29, 1.82) is 0 Å². The molecule has 0 saturated heterocycles. The lowest BCUT2D eigenvalue weighted by Gasteiger charge is -2.09. The number of nitrogens with one attached hydrogen (secondary N) is 1. The molecule has 1 aromatic heterocycles. The number of nitrogen functional groups attached to an aromatic ring is 1. The molecule has 0 saturated carbocycles. The number of hydrogen-bond donors (Lipinski definition) is 2. The second-order valence-electron chi connectivity index (χ2n) is 6.76. The van der Waals surface area contributed by atoms with Crippen molar-refractivity contribution in [3.63, 3.8) is 0 Å². The third-order valence-electron chi connectivity index (χ3n) is 4.97. The molecule has 1 heterocycles. The molecule has 3 aromatic rings. The highest BCUT2D eigenvalue weighted by Gasteiger charge is 2.11. The van der Waals surface area contributed by atoms with Crippen molar-refractivity contribution >= 4 is 35.4 Å². The van der Waals surface area contributed by atoms with Crippen LogP contribution in [0.1, 0.15) is 33.6 Å². The van der Waals surface area contributed by atoms with Crippen molar-refractivity contribution in [3.8, 4) is 0 Å². The van der Waals surface area contributed by atoms with E-state index in [2.05, 4.69) is 4.98 Å². The van der Waals surface area contributed by atoms with Crippen molar-refractivity contribution < 1.29 is 9.18 Å². The molecular formula is C23H23FN2OS. The Morgan fingerprint density at radius 2 is 1.89 bits per heavy atom. The smallest absolute Gasteiger partial charge is 0.150 e. The Morgan fingerprint density at radius 3 is 2.54 bits per heavy atom. The second kappa shape index (κ2) is 8.48. The SMILES string of the molecule is Cc1[nH]c(/C=C(\C=O)c2cc(SCc3ccccc3F)ccc2N)c(C)c1C. The summed E-state index contributed by atoms with van der Waals surface area (Å²) in [5, 5.41) is 0. The first kappa shape index (κ1) is 20.0. The van der Waals surface area contributed by atoms with Crippen molar-refractivity contribution in [2.75, 3.05) is 5.73 Å². The Hall–Kier alpha value is -2.79. The summed E-state index contributed by atoms with van der Waals surface area (Å²) in [7, 11) is 0. The van der Waals surface area contributed by atoms with E-state index in [1.165, 1.54) is 23.4 Å². The molecular weight excluding hydrogens is 371 g/mol. The number of halogens is 1. The lowest BCUT2D eigenvalue weighted by molar-refractivity contribution is -0.103. The summed E-state index contributed by atoms with van der Waals surface area (Å²) in [5.41, 5.74) is 12.8. The van der Waals surface area contributed by atoms with Crippen molar-refractivity contribution in [2.24, 2.45) is 0 Å². The van der Waals surface area contributed by atoms with Crippen LogP contribution in [0.5, 0.6) is 0 Å². The maximum Gasteiger partial charge on any atom is 0.150 e. The Kier molecular flexibility index (Phi) is 6.05. The van der Waals surface area contributed by atoms with Gasteiger partial charge in [-0.2, -0.15) is 0 Å². The summed E-state index contributed by atoms with van der Waals surface area (Å²) < 4.78 is 13.8. The van der Waals surface area contributed by atoms with E-state index in [-0.39, 0.29) is 5.82 Å². The summed E-state index contributed by atoms with van der Waals surface area (Å²) >= 11 is 1.51. The van der Waals surface area contributed by atoms with Gasteiger partial charge in [-0.15, -0.1) is 11.8 Å². The van der Waals surface area contributed by atoms with E-state index in [0.29, 0.717) is 28.1 Å². The third-order valence-corrected chi connectivity index (χ3v) is 6.01. The number of anilines is 1. The fraction of sp³-hybridized carbons (Fsp3) is 0.174. The fourth-order valence-electron chi connectivity index (χ4n) is 3.00. The number of rotatable bonds is 6. The fourth-order valence-corrected chi connectivity index (χ4v) is 3.92. The number of allylic oxidation sites excluding steroid dienone is 1. The summed E-state index contributed by atoms with van der Waals surface area (Å²) in [4.78, 5) is 16.0. The van der Waals surface area contributed by atoms with Crippen LogP contribution in [0.4, 0.5) is 10.1 Å². The lowest BCUT2D eigenvalue weighted by Crippen LogP contribution is -1.96.